The number of benzene rings is 1. The zero-order chi connectivity index (χ0) is 15.4. The van der Waals surface area contributed by atoms with Crippen LogP contribution >= 0.6 is 0 Å². The van der Waals surface area contributed by atoms with Gasteiger partial charge >= 0.3 is 0 Å². The molecule has 1 aromatic heterocycles. The van der Waals surface area contributed by atoms with E-state index in [2.05, 4.69) is 25.7 Å². The summed E-state index contributed by atoms with van der Waals surface area (Å²) in [6.07, 6.45) is 0. The number of ether oxygens (including phenoxy) is 1. The molecule has 0 bridgehead atoms. The van der Waals surface area contributed by atoms with Crippen LogP contribution in [0.4, 0.5) is 23.5 Å². The molecule has 0 aliphatic carbocycles. The molecule has 8 nitrogen and oxygen atoms in total. The van der Waals surface area contributed by atoms with E-state index in [-0.39, 0.29) is 5.95 Å². The second-order valence-corrected chi connectivity index (χ2v) is 4.65. The Balaban J connectivity index is 2.39. The van der Waals surface area contributed by atoms with Crippen molar-refractivity contribution in [3.63, 3.8) is 0 Å². The summed E-state index contributed by atoms with van der Waals surface area (Å²) in [7, 11) is 5.29. The van der Waals surface area contributed by atoms with Crippen LogP contribution in [0.15, 0.2) is 18.2 Å². The number of aryl methyl sites for hydroxylation is 1. The van der Waals surface area contributed by atoms with Gasteiger partial charge in [0.05, 0.1) is 12.8 Å². The highest BCUT2D eigenvalue weighted by molar-refractivity contribution is 5.64. The zero-order valence-electron chi connectivity index (χ0n) is 12.5. The predicted octanol–water partition coefficient (Wildman–Crippen LogP) is 1.28. The van der Waals surface area contributed by atoms with Crippen LogP contribution in [0.3, 0.4) is 0 Å². The second-order valence-electron chi connectivity index (χ2n) is 4.65. The minimum atomic E-state index is 0.280. The van der Waals surface area contributed by atoms with Gasteiger partial charge in [0.25, 0.3) is 0 Å². The predicted molar refractivity (Wildman–Crippen MR) is 83.0 cm³/mol. The van der Waals surface area contributed by atoms with Crippen LogP contribution < -0.4 is 26.2 Å². The average molecular weight is 289 g/mol. The molecular formula is C13H19N7O. The van der Waals surface area contributed by atoms with Gasteiger partial charge in [-0.3, -0.25) is 5.43 Å². The molecular weight excluding hydrogens is 270 g/mol. The van der Waals surface area contributed by atoms with Crippen molar-refractivity contribution in [2.75, 3.05) is 36.8 Å². The first-order chi connectivity index (χ1) is 10.0. The first-order valence-corrected chi connectivity index (χ1v) is 6.35. The minimum Gasteiger partial charge on any atom is -0.495 e. The summed E-state index contributed by atoms with van der Waals surface area (Å²) in [5, 5.41) is 3.12. The Morgan fingerprint density at radius 3 is 2.48 bits per heavy atom. The second kappa shape index (κ2) is 6.23. The Labute approximate surface area is 123 Å². The van der Waals surface area contributed by atoms with Gasteiger partial charge < -0.3 is 15.0 Å². The van der Waals surface area contributed by atoms with E-state index in [4.69, 9.17) is 10.6 Å². The number of hydrogen-bond acceptors (Lipinski definition) is 8. The molecule has 112 valence electrons. The normalized spacial score (nSPS) is 10.1. The van der Waals surface area contributed by atoms with E-state index in [1.54, 1.807) is 12.0 Å². The van der Waals surface area contributed by atoms with Crippen molar-refractivity contribution in [2.24, 2.45) is 5.84 Å². The molecule has 8 heteroatoms. The number of aromatic nitrogens is 3. The summed E-state index contributed by atoms with van der Waals surface area (Å²) in [4.78, 5) is 14.4. The van der Waals surface area contributed by atoms with E-state index in [0.717, 1.165) is 11.3 Å². The highest BCUT2D eigenvalue weighted by atomic mass is 16.5. The summed E-state index contributed by atoms with van der Waals surface area (Å²) in [6.45, 7) is 2.00. The molecule has 1 heterocycles. The van der Waals surface area contributed by atoms with Gasteiger partial charge in [0.2, 0.25) is 17.8 Å². The highest BCUT2D eigenvalue weighted by Gasteiger charge is 2.10. The molecule has 0 atom stereocenters. The lowest BCUT2D eigenvalue weighted by atomic mass is 10.2. The fraction of sp³-hybridized carbons (Fsp3) is 0.308. The molecule has 0 aliphatic rings. The van der Waals surface area contributed by atoms with Crippen LogP contribution in [-0.2, 0) is 0 Å². The number of hydrogen-bond donors (Lipinski definition) is 3. The quantitative estimate of drug-likeness (QED) is 0.559. The van der Waals surface area contributed by atoms with Gasteiger partial charge in [-0.25, -0.2) is 5.84 Å². The summed E-state index contributed by atoms with van der Waals surface area (Å²) in [5.74, 6) is 7.24. The third-order valence-electron chi connectivity index (χ3n) is 2.75. The van der Waals surface area contributed by atoms with Crippen molar-refractivity contribution >= 4 is 23.5 Å². The molecule has 0 amide bonds. The molecule has 4 N–H and O–H groups in total. The van der Waals surface area contributed by atoms with E-state index < -0.39 is 0 Å². The fourth-order valence-corrected chi connectivity index (χ4v) is 1.73. The average Bonchev–Trinajstić information content (AvgIpc) is 2.47. The Morgan fingerprint density at radius 2 is 1.86 bits per heavy atom. The summed E-state index contributed by atoms with van der Waals surface area (Å²) < 4.78 is 5.32. The van der Waals surface area contributed by atoms with E-state index in [0.29, 0.717) is 17.6 Å². The Hall–Kier alpha value is -2.61. The maximum Gasteiger partial charge on any atom is 0.243 e. The van der Waals surface area contributed by atoms with Crippen molar-refractivity contribution in [3.05, 3.63) is 23.8 Å². The smallest absolute Gasteiger partial charge is 0.243 e. The number of anilines is 4. The Morgan fingerprint density at radius 1 is 1.14 bits per heavy atom. The molecule has 2 aromatic rings. The molecule has 0 aliphatic heterocycles. The lowest BCUT2D eigenvalue weighted by Crippen LogP contribution is -2.18. The van der Waals surface area contributed by atoms with Crippen LogP contribution in [0.5, 0.6) is 5.75 Å². The topological polar surface area (TPSA) is 101 Å². The summed E-state index contributed by atoms with van der Waals surface area (Å²) in [5.41, 5.74) is 4.30. The molecule has 0 spiro atoms. The molecule has 2 rings (SSSR count). The summed E-state index contributed by atoms with van der Waals surface area (Å²) in [6, 6.07) is 5.80. The molecule has 21 heavy (non-hydrogen) atoms. The number of rotatable bonds is 5. The first-order valence-electron chi connectivity index (χ1n) is 6.35. The number of methoxy groups -OCH3 is 1. The molecule has 1 aromatic carbocycles. The van der Waals surface area contributed by atoms with E-state index in [1.807, 2.05) is 39.2 Å². The van der Waals surface area contributed by atoms with Crippen LogP contribution in [0.1, 0.15) is 5.56 Å². The SMILES string of the molecule is COc1ccc(C)cc1Nc1nc(NN)nc(N(C)C)n1. The van der Waals surface area contributed by atoms with E-state index in [1.165, 1.54) is 0 Å². The van der Waals surface area contributed by atoms with Crippen molar-refractivity contribution in [1.29, 1.82) is 0 Å². The van der Waals surface area contributed by atoms with Crippen LogP contribution in [0, 0.1) is 6.92 Å². The molecule has 0 unspecified atom stereocenters. The van der Waals surface area contributed by atoms with Gasteiger partial charge in [-0.1, -0.05) is 6.07 Å². The largest absolute Gasteiger partial charge is 0.495 e. The van der Waals surface area contributed by atoms with Gasteiger partial charge in [-0.15, -0.1) is 0 Å². The van der Waals surface area contributed by atoms with Crippen LogP contribution in [0.2, 0.25) is 0 Å². The Kier molecular flexibility index (Phi) is 4.39. The molecule has 0 radical (unpaired) electrons. The molecule has 0 saturated heterocycles. The number of nitrogens with one attached hydrogen (secondary N) is 2. The standard InChI is InChI=1S/C13H19N7O/c1-8-5-6-10(21-4)9(7-8)15-11-16-12(19-14)18-13(17-11)20(2)3/h5-7H,14H2,1-4H3,(H2,15,16,17,18,19). The minimum absolute atomic E-state index is 0.280. The molecule has 0 fully saturated rings. The maximum absolute atomic E-state index is 5.39. The van der Waals surface area contributed by atoms with E-state index in [9.17, 15) is 0 Å². The lowest BCUT2D eigenvalue weighted by Gasteiger charge is -2.14. The lowest BCUT2D eigenvalue weighted by molar-refractivity contribution is 0.416. The maximum atomic E-state index is 5.39. The van der Waals surface area contributed by atoms with Crippen molar-refractivity contribution in [2.45, 2.75) is 6.92 Å². The zero-order valence-corrected chi connectivity index (χ0v) is 12.5. The van der Waals surface area contributed by atoms with Crippen LogP contribution in [0.25, 0.3) is 0 Å². The van der Waals surface area contributed by atoms with Crippen molar-refractivity contribution in [3.8, 4) is 5.75 Å². The van der Waals surface area contributed by atoms with E-state index >= 15 is 0 Å². The van der Waals surface area contributed by atoms with Gasteiger partial charge in [0.15, 0.2) is 0 Å². The number of nitrogens with two attached hydrogens (primary N) is 1. The van der Waals surface area contributed by atoms with Gasteiger partial charge in [-0.2, -0.15) is 15.0 Å². The van der Waals surface area contributed by atoms with Gasteiger partial charge in [-0.05, 0) is 24.6 Å². The third-order valence-corrected chi connectivity index (χ3v) is 2.75. The Bertz CT molecular complexity index is 630. The van der Waals surface area contributed by atoms with Crippen molar-refractivity contribution in [1.82, 2.24) is 15.0 Å². The highest BCUT2D eigenvalue weighted by Crippen LogP contribution is 2.27. The van der Waals surface area contributed by atoms with Crippen LogP contribution in [-0.4, -0.2) is 36.2 Å². The third kappa shape index (κ3) is 3.48. The monoisotopic (exact) mass is 289 g/mol. The van der Waals surface area contributed by atoms with Gasteiger partial charge in [0, 0.05) is 14.1 Å². The molecule has 0 saturated carbocycles. The number of nitrogen functional groups attached to an aromatic ring is 1. The van der Waals surface area contributed by atoms with Crippen molar-refractivity contribution < 1.29 is 4.74 Å². The number of hydrazine groups is 1. The first kappa shape index (κ1) is 14.8. The summed E-state index contributed by atoms with van der Waals surface area (Å²) >= 11 is 0. The number of nitrogens with zero attached hydrogens (tertiary/aromatic N) is 4. The van der Waals surface area contributed by atoms with Gasteiger partial charge in [0.1, 0.15) is 5.75 Å². The fourth-order valence-electron chi connectivity index (χ4n) is 1.73.